The molecule has 26 heavy (non-hydrogen) atoms. The van der Waals surface area contributed by atoms with Crippen molar-refractivity contribution in [2.75, 3.05) is 49.7 Å². The first kappa shape index (κ1) is 18.1. The molecule has 6 nitrogen and oxygen atoms in total. The summed E-state index contributed by atoms with van der Waals surface area (Å²) < 4.78 is 11.1. The number of anilines is 2. The Hall–Kier alpha value is -2.73. The maximum Gasteiger partial charge on any atom is 0.319 e. The van der Waals surface area contributed by atoms with Gasteiger partial charge in [-0.1, -0.05) is 30.3 Å². The van der Waals surface area contributed by atoms with E-state index in [0.717, 1.165) is 35.8 Å². The molecule has 6 heteroatoms. The van der Waals surface area contributed by atoms with Gasteiger partial charge in [0.2, 0.25) is 0 Å². The zero-order valence-electron chi connectivity index (χ0n) is 15.0. The van der Waals surface area contributed by atoms with Gasteiger partial charge in [0.1, 0.15) is 12.4 Å². The molecule has 1 aliphatic heterocycles. The molecule has 1 saturated heterocycles. The minimum absolute atomic E-state index is 0.237. The summed E-state index contributed by atoms with van der Waals surface area (Å²) in [6, 6.07) is 15.4. The van der Waals surface area contributed by atoms with E-state index in [1.54, 1.807) is 0 Å². The van der Waals surface area contributed by atoms with Gasteiger partial charge >= 0.3 is 6.03 Å². The molecule has 0 bridgehead atoms. The number of amides is 2. The largest absolute Gasteiger partial charge is 0.491 e. The lowest BCUT2D eigenvalue weighted by Gasteiger charge is -2.30. The summed E-state index contributed by atoms with van der Waals surface area (Å²) >= 11 is 0. The van der Waals surface area contributed by atoms with Gasteiger partial charge in [0.15, 0.2) is 0 Å². The fraction of sp³-hybridized carbons (Fsp3) is 0.350. The van der Waals surface area contributed by atoms with E-state index in [9.17, 15) is 4.79 Å². The summed E-state index contributed by atoms with van der Waals surface area (Å²) in [6.45, 7) is 5.91. The van der Waals surface area contributed by atoms with E-state index in [0.29, 0.717) is 26.4 Å². The summed E-state index contributed by atoms with van der Waals surface area (Å²) in [4.78, 5) is 14.4. The van der Waals surface area contributed by atoms with Crippen molar-refractivity contribution < 1.29 is 14.3 Å². The van der Waals surface area contributed by atoms with Crippen molar-refractivity contribution in [2.45, 2.75) is 6.92 Å². The van der Waals surface area contributed by atoms with Crippen molar-refractivity contribution in [1.29, 1.82) is 0 Å². The second-order valence-corrected chi connectivity index (χ2v) is 6.11. The van der Waals surface area contributed by atoms with E-state index in [-0.39, 0.29) is 6.03 Å². The van der Waals surface area contributed by atoms with Gasteiger partial charge < -0.3 is 25.0 Å². The number of benzene rings is 2. The van der Waals surface area contributed by atoms with Crippen LogP contribution in [0.15, 0.2) is 48.5 Å². The molecule has 0 aliphatic carbocycles. The minimum Gasteiger partial charge on any atom is -0.491 e. The number of hydrogen-bond acceptors (Lipinski definition) is 4. The standard InChI is InChI=1S/C20H25N3O3/c1-16-6-2-5-9-19(16)26-13-10-21-20(24)22-17-7-3-4-8-18(17)23-11-14-25-15-12-23/h2-9H,10-15H2,1H3,(H2,21,22,24). The van der Waals surface area contributed by atoms with Crippen molar-refractivity contribution in [1.82, 2.24) is 5.32 Å². The minimum atomic E-state index is -0.237. The summed E-state index contributed by atoms with van der Waals surface area (Å²) in [6.07, 6.45) is 0. The SMILES string of the molecule is Cc1ccccc1OCCNC(=O)Nc1ccccc1N1CCOCC1. The normalized spacial score (nSPS) is 14.0. The molecule has 0 atom stereocenters. The number of rotatable bonds is 6. The number of nitrogens with one attached hydrogen (secondary N) is 2. The molecule has 0 radical (unpaired) electrons. The Morgan fingerprint density at radius 3 is 2.65 bits per heavy atom. The Morgan fingerprint density at radius 1 is 1.12 bits per heavy atom. The van der Waals surface area contributed by atoms with E-state index >= 15 is 0 Å². The maximum absolute atomic E-state index is 12.2. The average molecular weight is 355 g/mol. The van der Waals surface area contributed by atoms with E-state index < -0.39 is 0 Å². The number of para-hydroxylation sites is 3. The van der Waals surface area contributed by atoms with Crippen molar-refractivity contribution in [2.24, 2.45) is 0 Å². The molecule has 2 aromatic rings. The zero-order valence-corrected chi connectivity index (χ0v) is 15.0. The fourth-order valence-electron chi connectivity index (χ4n) is 2.87. The molecule has 0 unspecified atom stereocenters. The Labute approximate surface area is 154 Å². The van der Waals surface area contributed by atoms with Crippen LogP contribution >= 0.6 is 0 Å². The van der Waals surface area contributed by atoms with E-state index in [2.05, 4.69) is 15.5 Å². The smallest absolute Gasteiger partial charge is 0.319 e. The van der Waals surface area contributed by atoms with Gasteiger partial charge in [-0.3, -0.25) is 0 Å². The van der Waals surface area contributed by atoms with Crippen molar-refractivity contribution in [3.05, 3.63) is 54.1 Å². The monoisotopic (exact) mass is 355 g/mol. The van der Waals surface area contributed by atoms with Crippen LogP contribution in [0.1, 0.15) is 5.56 Å². The van der Waals surface area contributed by atoms with Crippen LogP contribution in [0.2, 0.25) is 0 Å². The molecule has 2 aromatic carbocycles. The van der Waals surface area contributed by atoms with E-state index in [4.69, 9.17) is 9.47 Å². The molecular formula is C20H25N3O3. The second kappa shape index (κ2) is 9.10. The molecule has 0 aromatic heterocycles. The first-order valence-electron chi connectivity index (χ1n) is 8.89. The Bertz CT molecular complexity index is 730. The third-order valence-corrected chi connectivity index (χ3v) is 4.24. The van der Waals surface area contributed by atoms with Crippen LogP contribution in [0, 0.1) is 6.92 Å². The Morgan fingerprint density at radius 2 is 1.85 bits per heavy atom. The third kappa shape index (κ3) is 4.89. The summed E-state index contributed by atoms with van der Waals surface area (Å²) in [5, 5.41) is 5.76. The molecule has 1 aliphatic rings. The van der Waals surface area contributed by atoms with Crippen LogP contribution < -0.4 is 20.3 Å². The highest BCUT2D eigenvalue weighted by atomic mass is 16.5. The molecule has 1 heterocycles. The van der Waals surface area contributed by atoms with Gasteiger partial charge in [0.25, 0.3) is 0 Å². The molecule has 2 amide bonds. The van der Waals surface area contributed by atoms with Crippen LogP contribution in [-0.4, -0.2) is 45.5 Å². The highest BCUT2D eigenvalue weighted by Gasteiger charge is 2.15. The lowest BCUT2D eigenvalue weighted by molar-refractivity contribution is 0.123. The van der Waals surface area contributed by atoms with Gasteiger partial charge in [0.05, 0.1) is 31.1 Å². The summed E-state index contributed by atoms with van der Waals surface area (Å²) in [5.74, 6) is 0.840. The number of urea groups is 1. The number of hydrogen-bond donors (Lipinski definition) is 2. The fourth-order valence-corrected chi connectivity index (χ4v) is 2.87. The molecular weight excluding hydrogens is 330 g/mol. The van der Waals surface area contributed by atoms with Gasteiger partial charge in [-0.05, 0) is 30.7 Å². The predicted molar refractivity (Wildman–Crippen MR) is 103 cm³/mol. The molecule has 1 fully saturated rings. The average Bonchev–Trinajstić information content (AvgIpc) is 2.68. The molecule has 3 rings (SSSR count). The summed E-state index contributed by atoms with van der Waals surface area (Å²) in [7, 11) is 0. The van der Waals surface area contributed by atoms with E-state index in [1.807, 2.05) is 55.5 Å². The number of aryl methyl sites for hydroxylation is 1. The van der Waals surface area contributed by atoms with Crippen molar-refractivity contribution in [3.8, 4) is 5.75 Å². The number of carbonyl (C=O) groups excluding carboxylic acids is 1. The topological polar surface area (TPSA) is 62.8 Å². The highest BCUT2D eigenvalue weighted by Crippen LogP contribution is 2.26. The van der Waals surface area contributed by atoms with Crippen molar-refractivity contribution in [3.63, 3.8) is 0 Å². The number of morpholine rings is 1. The summed E-state index contributed by atoms with van der Waals surface area (Å²) in [5.41, 5.74) is 2.89. The first-order chi connectivity index (χ1) is 12.7. The van der Waals surface area contributed by atoms with Gasteiger partial charge in [-0.15, -0.1) is 0 Å². The Kier molecular flexibility index (Phi) is 6.33. The Balaban J connectivity index is 1.48. The second-order valence-electron chi connectivity index (χ2n) is 6.11. The lowest BCUT2D eigenvalue weighted by atomic mass is 10.2. The highest BCUT2D eigenvalue weighted by molar-refractivity contribution is 5.93. The maximum atomic E-state index is 12.2. The van der Waals surface area contributed by atoms with Crippen LogP contribution in [0.3, 0.4) is 0 Å². The quantitative estimate of drug-likeness (QED) is 0.782. The number of ether oxygens (including phenoxy) is 2. The van der Waals surface area contributed by atoms with Crippen LogP contribution in [0.4, 0.5) is 16.2 Å². The van der Waals surface area contributed by atoms with E-state index in [1.165, 1.54) is 0 Å². The molecule has 0 saturated carbocycles. The number of nitrogens with zero attached hydrogens (tertiary/aromatic N) is 1. The van der Waals surface area contributed by atoms with Crippen LogP contribution in [-0.2, 0) is 4.74 Å². The molecule has 138 valence electrons. The zero-order chi connectivity index (χ0) is 18.2. The van der Waals surface area contributed by atoms with Gasteiger partial charge in [-0.2, -0.15) is 0 Å². The van der Waals surface area contributed by atoms with Crippen LogP contribution in [0.5, 0.6) is 5.75 Å². The van der Waals surface area contributed by atoms with Gasteiger partial charge in [0, 0.05) is 13.1 Å². The van der Waals surface area contributed by atoms with Crippen LogP contribution in [0.25, 0.3) is 0 Å². The predicted octanol–water partition coefficient (Wildman–Crippen LogP) is 3.03. The van der Waals surface area contributed by atoms with Gasteiger partial charge in [-0.25, -0.2) is 4.79 Å². The first-order valence-corrected chi connectivity index (χ1v) is 8.89. The molecule has 2 N–H and O–H groups in total. The third-order valence-electron chi connectivity index (χ3n) is 4.24. The lowest BCUT2D eigenvalue weighted by Crippen LogP contribution is -2.37. The van der Waals surface area contributed by atoms with Crippen molar-refractivity contribution >= 4 is 17.4 Å². The molecule has 0 spiro atoms. The number of carbonyl (C=O) groups is 1.